The monoisotopic (exact) mass is 292 g/mol. The summed E-state index contributed by atoms with van der Waals surface area (Å²) in [5.74, 6) is 0. The van der Waals surface area contributed by atoms with Gasteiger partial charge in [-0.2, -0.15) is 0 Å². The van der Waals surface area contributed by atoms with E-state index in [0.717, 1.165) is 12.0 Å². The molecule has 1 aromatic carbocycles. The van der Waals surface area contributed by atoms with Crippen LogP contribution >= 0.6 is 0 Å². The van der Waals surface area contributed by atoms with E-state index < -0.39 is 0 Å². The number of urea groups is 1. The number of carbonyl (C=O) groups is 1. The van der Waals surface area contributed by atoms with Crippen molar-refractivity contribution >= 4 is 6.03 Å². The Morgan fingerprint density at radius 3 is 2.81 bits per heavy atom. The number of nitrogens with one attached hydrogen (secondary N) is 2. The molecule has 3 unspecified atom stereocenters. The highest BCUT2D eigenvalue weighted by Crippen LogP contribution is 2.18. The number of amides is 2. The van der Waals surface area contributed by atoms with Crippen LogP contribution in [0.3, 0.4) is 0 Å². The summed E-state index contributed by atoms with van der Waals surface area (Å²) in [4.78, 5) is 12.2. The molecule has 0 aromatic heterocycles. The number of rotatable bonds is 6. The van der Waals surface area contributed by atoms with Gasteiger partial charge in [-0.1, -0.05) is 30.3 Å². The third-order valence-corrected chi connectivity index (χ3v) is 3.85. The van der Waals surface area contributed by atoms with E-state index in [1.54, 1.807) is 0 Å². The maximum absolute atomic E-state index is 12.2. The van der Waals surface area contributed by atoms with Crippen LogP contribution in [0.1, 0.15) is 37.8 Å². The van der Waals surface area contributed by atoms with Crippen LogP contribution in [0.5, 0.6) is 0 Å². The van der Waals surface area contributed by atoms with Crippen molar-refractivity contribution in [2.75, 3.05) is 13.2 Å². The lowest BCUT2D eigenvalue weighted by Crippen LogP contribution is -2.46. The molecule has 21 heavy (non-hydrogen) atoms. The van der Waals surface area contributed by atoms with Crippen LogP contribution in [0.25, 0.3) is 0 Å². The van der Waals surface area contributed by atoms with Gasteiger partial charge in [-0.05, 0) is 31.7 Å². The number of carbonyl (C=O) groups excluding carboxylic acids is 1. The molecule has 1 fully saturated rings. The minimum Gasteiger partial charge on any atom is -0.396 e. The van der Waals surface area contributed by atoms with Crippen LogP contribution in [-0.2, 0) is 4.74 Å². The van der Waals surface area contributed by atoms with Gasteiger partial charge in [-0.15, -0.1) is 0 Å². The summed E-state index contributed by atoms with van der Waals surface area (Å²) in [6.07, 6.45) is 2.28. The number of ether oxygens (including phenoxy) is 1. The van der Waals surface area contributed by atoms with Crippen molar-refractivity contribution in [1.82, 2.24) is 10.6 Å². The van der Waals surface area contributed by atoms with E-state index in [4.69, 9.17) is 9.84 Å². The summed E-state index contributed by atoms with van der Waals surface area (Å²) < 4.78 is 5.45. The molecule has 0 saturated carbocycles. The van der Waals surface area contributed by atoms with Crippen LogP contribution in [0.4, 0.5) is 4.79 Å². The molecule has 2 rings (SSSR count). The van der Waals surface area contributed by atoms with Gasteiger partial charge in [0.2, 0.25) is 0 Å². The lowest BCUT2D eigenvalue weighted by molar-refractivity contribution is 0.114. The van der Waals surface area contributed by atoms with Crippen molar-refractivity contribution in [1.29, 1.82) is 0 Å². The first-order valence-electron chi connectivity index (χ1n) is 7.55. The van der Waals surface area contributed by atoms with Crippen molar-refractivity contribution in [2.24, 2.45) is 0 Å². The smallest absolute Gasteiger partial charge is 0.315 e. The molecule has 5 heteroatoms. The second kappa shape index (κ2) is 8.00. The van der Waals surface area contributed by atoms with Gasteiger partial charge < -0.3 is 20.5 Å². The normalized spacial score (nSPS) is 22.8. The molecule has 5 nitrogen and oxygen atoms in total. The third kappa shape index (κ3) is 4.72. The highest BCUT2D eigenvalue weighted by atomic mass is 16.5. The van der Waals surface area contributed by atoms with Gasteiger partial charge in [0.25, 0.3) is 0 Å². The zero-order valence-corrected chi connectivity index (χ0v) is 12.4. The Kier molecular flexibility index (Phi) is 6.02. The summed E-state index contributed by atoms with van der Waals surface area (Å²) in [5.41, 5.74) is 1.05. The molecule has 3 N–H and O–H groups in total. The molecule has 0 bridgehead atoms. The first-order valence-corrected chi connectivity index (χ1v) is 7.55. The second-order valence-electron chi connectivity index (χ2n) is 5.42. The minimum atomic E-state index is -0.177. The number of benzene rings is 1. The van der Waals surface area contributed by atoms with E-state index >= 15 is 0 Å². The minimum absolute atomic E-state index is 0.0587. The van der Waals surface area contributed by atoms with Gasteiger partial charge in [0.1, 0.15) is 0 Å². The number of hydrogen-bond donors (Lipinski definition) is 3. The molecule has 116 valence electrons. The number of aliphatic hydroxyl groups is 1. The first-order chi connectivity index (χ1) is 10.2. The Hall–Kier alpha value is -1.59. The maximum atomic E-state index is 12.2. The van der Waals surface area contributed by atoms with E-state index in [2.05, 4.69) is 10.6 Å². The highest BCUT2D eigenvalue weighted by molar-refractivity contribution is 5.74. The fraction of sp³-hybridized carbons (Fsp3) is 0.562. The fourth-order valence-electron chi connectivity index (χ4n) is 2.59. The zero-order valence-electron chi connectivity index (χ0n) is 12.4. The third-order valence-electron chi connectivity index (χ3n) is 3.85. The van der Waals surface area contributed by atoms with Crippen LogP contribution in [-0.4, -0.2) is 36.5 Å². The van der Waals surface area contributed by atoms with Gasteiger partial charge in [-0.3, -0.25) is 0 Å². The summed E-state index contributed by atoms with van der Waals surface area (Å²) in [6, 6.07) is 9.64. The molecule has 1 aliphatic rings. The molecule has 2 amide bonds. The summed E-state index contributed by atoms with van der Waals surface area (Å²) in [6.45, 7) is 2.79. The fourth-order valence-corrected chi connectivity index (χ4v) is 2.59. The standard InChI is InChI=1S/C16H24N2O3/c1-12-14(9-11-21-12)17-16(20)18-15(8-5-10-19)13-6-3-2-4-7-13/h2-4,6-7,12,14-15,19H,5,8-11H2,1H3,(H2,17,18,20). The van der Waals surface area contributed by atoms with Gasteiger partial charge in [-0.25, -0.2) is 4.79 Å². The molecule has 0 aliphatic carbocycles. The molecular formula is C16H24N2O3. The van der Waals surface area contributed by atoms with E-state index in [-0.39, 0.29) is 30.8 Å². The average molecular weight is 292 g/mol. The highest BCUT2D eigenvalue weighted by Gasteiger charge is 2.26. The average Bonchev–Trinajstić information content (AvgIpc) is 2.89. The van der Waals surface area contributed by atoms with Gasteiger partial charge in [0.15, 0.2) is 0 Å². The van der Waals surface area contributed by atoms with E-state index in [1.807, 2.05) is 37.3 Å². The topological polar surface area (TPSA) is 70.6 Å². The largest absolute Gasteiger partial charge is 0.396 e. The molecule has 3 atom stereocenters. The first kappa shape index (κ1) is 15.8. The van der Waals surface area contributed by atoms with Crippen LogP contribution in [0.2, 0.25) is 0 Å². The lowest BCUT2D eigenvalue weighted by atomic mass is 10.0. The Morgan fingerprint density at radius 1 is 1.43 bits per heavy atom. The number of hydrogen-bond acceptors (Lipinski definition) is 3. The number of aliphatic hydroxyl groups excluding tert-OH is 1. The van der Waals surface area contributed by atoms with Crippen LogP contribution < -0.4 is 10.6 Å². The van der Waals surface area contributed by atoms with Crippen molar-refractivity contribution < 1.29 is 14.6 Å². The molecule has 0 spiro atoms. The zero-order chi connectivity index (χ0) is 15.1. The van der Waals surface area contributed by atoms with Gasteiger partial charge in [0, 0.05) is 13.2 Å². The Bertz CT molecular complexity index is 438. The molecule has 1 saturated heterocycles. The molecule has 1 heterocycles. The second-order valence-corrected chi connectivity index (χ2v) is 5.42. The van der Waals surface area contributed by atoms with Gasteiger partial charge in [0.05, 0.1) is 18.2 Å². The predicted molar refractivity (Wildman–Crippen MR) is 81.0 cm³/mol. The van der Waals surface area contributed by atoms with E-state index in [1.165, 1.54) is 0 Å². The van der Waals surface area contributed by atoms with Crippen molar-refractivity contribution in [3.63, 3.8) is 0 Å². The van der Waals surface area contributed by atoms with Gasteiger partial charge >= 0.3 is 6.03 Å². The Balaban J connectivity index is 1.93. The summed E-state index contributed by atoms with van der Waals surface area (Å²) in [5, 5.41) is 15.0. The van der Waals surface area contributed by atoms with E-state index in [9.17, 15) is 4.79 Å². The van der Waals surface area contributed by atoms with Crippen molar-refractivity contribution in [2.45, 2.75) is 44.4 Å². The molecule has 0 radical (unpaired) electrons. The molecule has 1 aromatic rings. The Morgan fingerprint density at radius 2 is 2.19 bits per heavy atom. The molecule has 1 aliphatic heterocycles. The van der Waals surface area contributed by atoms with Crippen molar-refractivity contribution in [3.05, 3.63) is 35.9 Å². The molecular weight excluding hydrogens is 268 g/mol. The maximum Gasteiger partial charge on any atom is 0.315 e. The SMILES string of the molecule is CC1OCCC1NC(=O)NC(CCCO)c1ccccc1. The lowest BCUT2D eigenvalue weighted by Gasteiger charge is -2.22. The summed E-state index contributed by atoms with van der Waals surface area (Å²) >= 11 is 0. The van der Waals surface area contributed by atoms with E-state index in [0.29, 0.717) is 19.4 Å². The quantitative estimate of drug-likeness (QED) is 0.751. The van der Waals surface area contributed by atoms with Crippen molar-refractivity contribution in [3.8, 4) is 0 Å². The summed E-state index contributed by atoms with van der Waals surface area (Å²) in [7, 11) is 0. The van der Waals surface area contributed by atoms with Crippen LogP contribution in [0.15, 0.2) is 30.3 Å². The van der Waals surface area contributed by atoms with Crippen LogP contribution in [0, 0.1) is 0 Å². The predicted octanol–water partition coefficient (Wildman–Crippen LogP) is 1.98. The Labute approximate surface area is 125 Å².